The Labute approximate surface area is 106 Å². The molecule has 0 saturated heterocycles. The Morgan fingerprint density at radius 3 is 2.12 bits per heavy atom. The van der Waals surface area contributed by atoms with Crippen LogP contribution in [0.2, 0.25) is 0 Å². The summed E-state index contributed by atoms with van der Waals surface area (Å²) in [5, 5.41) is 3.49. The molecular weight excluding hydrogens is 210 g/mol. The molecule has 3 atom stereocenters. The molecule has 2 rings (SSSR count). The highest BCUT2D eigenvalue weighted by atomic mass is 16.3. The molecule has 0 bridgehead atoms. The molecule has 0 aliphatic heterocycles. The molecule has 0 N–H and O–H groups in total. The minimum Gasteiger partial charge on any atom is -0.150 e. The zero-order valence-electron chi connectivity index (χ0n) is 11.7. The summed E-state index contributed by atoms with van der Waals surface area (Å²) in [5.41, 5.74) is 0.102. The monoisotopic (exact) mass is 237 g/mol. The van der Waals surface area contributed by atoms with Gasteiger partial charge >= 0.3 is 0 Å². The van der Waals surface area contributed by atoms with E-state index in [1.54, 1.807) is 0 Å². The lowest BCUT2D eigenvalue weighted by atomic mass is 9.63. The van der Waals surface area contributed by atoms with Crippen molar-refractivity contribution < 1.29 is 0 Å². The summed E-state index contributed by atoms with van der Waals surface area (Å²) >= 11 is 0. The van der Waals surface area contributed by atoms with Gasteiger partial charge in [-0.05, 0) is 49.9 Å². The molecule has 2 saturated carbocycles. The Morgan fingerprint density at radius 1 is 0.941 bits per heavy atom. The highest BCUT2D eigenvalue weighted by molar-refractivity contribution is 4.94. The smallest absolute Gasteiger partial charge is 0.100 e. The van der Waals surface area contributed by atoms with Crippen LogP contribution in [0.4, 0.5) is 0 Å². The van der Waals surface area contributed by atoms with Crippen molar-refractivity contribution in [2.45, 2.75) is 77.7 Å². The van der Waals surface area contributed by atoms with Crippen molar-refractivity contribution in [2.24, 2.45) is 22.4 Å². The van der Waals surface area contributed by atoms with Crippen LogP contribution in [0.25, 0.3) is 0 Å². The van der Waals surface area contributed by atoms with Gasteiger partial charge in [0.15, 0.2) is 0 Å². The molecule has 0 amide bonds. The zero-order valence-corrected chi connectivity index (χ0v) is 11.7. The van der Waals surface area contributed by atoms with Crippen LogP contribution in [0.15, 0.2) is 5.18 Å². The molecule has 2 heteroatoms. The van der Waals surface area contributed by atoms with Crippen molar-refractivity contribution >= 4 is 0 Å². The van der Waals surface area contributed by atoms with Gasteiger partial charge in [-0.25, -0.2) is 0 Å². The van der Waals surface area contributed by atoms with E-state index in [4.69, 9.17) is 0 Å². The van der Waals surface area contributed by atoms with Crippen LogP contribution in [-0.2, 0) is 0 Å². The summed E-state index contributed by atoms with van der Waals surface area (Å²) in [6, 6.07) is 0. The third-order valence-electron chi connectivity index (χ3n) is 5.14. The average Bonchev–Trinajstić information content (AvgIpc) is 2.28. The Morgan fingerprint density at radius 2 is 1.53 bits per heavy atom. The van der Waals surface area contributed by atoms with Crippen molar-refractivity contribution in [1.29, 1.82) is 0 Å². The first-order valence-corrected chi connectivity index (χ1v) is 7.29. The molecular formula is C15H27NO. The first-order chi connectivity index (χ1) is 7.94. The van der Waals surface area contributed by atoms with Crippen LogP contribution in [0.1, 0.15) is 72.1 Å². The van der Waals surface area contributed by atoms with Gasteiger partial charge < -0.3 is 0 Å². The summed E-state index contributed by atoms with van der Waals surface area (Å²) in [6.07, 6.45) is 9.98. The van der Waals surface area contributed by atoms with Gasteiger partial charge in [-0.2, -0.15) is 4.91 Å². The molecule has 2 nitrogen and oxygen atoms in total. The predicted molar refractivity (Wildman–Crippen MR) is 71.9 cm³/mol. The van der Waals surface area contributed by atoms with Gasteiger partial charge in [-0.1, -0.05) is 44.7 Å². The largest absolute Gasteiger partial charge is 0.150 e. The molecule has 2 aliphatic carbocycles. The van der Waals surface area contributed by atoms with Gasteiger partial charge in [0.2, 0.25) is 0 Å². The Hall–Kier alpha value is -0.400. The molecule has 0 heterocycles. The zero-order chi connectivity index (χ0) is 12.5. The maximum atomic E-state index is 11.2. The van der Waals surface area contributed by atoms with E-state index in [1.807, 2.05) is 0 Å². The van der Waals surface area contributed by atoms with E-state index < -0.39 is 0 Å². The van der Waals surface area contributed by atoms with Gasteiger partial charge in [-0.3, -0.25) is 0 Å². The second-order valence-electron chi connectivity index (χ2n) is 7.47. The Balaban J connectivity index is 2.18. The molecule has 3 unspecified atom stereocenters. The van der Waals surface area contributed by atoms with Crippen molar-refractivity contribution in [1.82, 2.24) is 0 Å². The van der Waals surface area contributed by atoms with Crippen LogP contribution < -0.4 is 0 Å². The van der Waals surface area contributed by atoms with Crippen LogP contribution >= 0.6 is 0 Å². The standard InChI is InChI=1S/C15H27NO/c1-14(2)8-9-15(3,16-17)11-13-7-5-4-6-12(13)10-14/h12-13H,4-11H2,1-3H3. The molecule has 0 aromatic rings. The fourth-order valence-electron chi connectivity index (χ4n) is 3.99. The molecule has 0 radical (unpaired) electrons. The highest BCUT2D eigenvalue weighted by Gasteiger charge is 2.40. The van der Waals surface area contributed by atoms with Gasteiger partial charge in [0.05, 0.1) is 0 Å². The number of hydrogen-bond donors (Lipinski definition) is 0. The molecule has 0 aromatic heterocycles. The van der Waals surface area contributed by atoms with Crippen LogP contribution in [-0.4, -0.2) is 5.54 Å². The summed E-state index contributed by atoms with van der Waals surface area (Å²) in [6.45, 7) is 6.82. The summed E-state index contributed by atoms with van der Waals surface area (Å²) < 4.78 is 0. The predicted octanol–water partition coefficient (Wildman–Crippen LogP) is 4.92. The van der Waals surface area contributed by atoms with Gasteiger partial charge in [-0.15, -0.1) is 0 Å². The molecule has 2 fully saturated rings. The molecule has 0 aromatic carbocycles. The second kappa shape index (κ2) is 4.70. The minimum atomic E-state index is -0.294. The first-order valence-electron chi connectivity index (χ1n) is 7.29. The van der Waals surface area contributed by atoms with Crippen molar-refractivity contribution in [3.05, 3.63) is 4.91 Å². The van der Waals surface area contributed by atoms with E-state index in [-0.39, 0.29) is 5.54 Å². The molecule has 2 aliphatic rings. The average molecular weight is 237 g/mol. The van der Waals surface area contributed by atoms with Crippen LogP contribution in [0.3, 0.4) is 0 Å². The topological polar surface area (TPSA) is 29.4 Å². The van der Waals surface area contributed by atoms with Crippen molar-refractivity contribution in [3.8, 4) is 0 Å². The quantitative estimate of drug-likeness (QED) is 0.595. The van der Waals surface area contributed by atoms with E-state index in [1.165, 1.54) is 32.1 Å². The molecule has 98 valence electrons. The fourth-order valence-corrected chi connectivity index (χ4v) is 3.99. The lowest BCUT2D eigenvalue weighted by Gasteiger charge is -2.43. The molecule has 17 heavy (non-hydrogen) atoms. The lowest BCUT2D eigenvalue weighted by Crippen LogP contribution is -2.36. The number of fused-ring (bicyclic) bond motifs is 1. The van der Waals surface area contributed by atoms with Crippen molar-refractivity contribution in [2.75, 3.05) is 0 Å². The van der Waals surface area contributed by atoms with E-state index in [2.05, 4.69) is 25.9 Å². The van der Waals surface area contributed by atoms with Gasteiger partial charge in [0.1, 0.15) is 5.54 Å². The first kappa shape index (κ1) is 13.0. The maximum Gasteiger partial charge on any atom is 0.100 e. The summed E-state index contributed by atoms with van der Waals surface area (Å²) in [7, 11) is 0. The van der Waals surface area contributed by atoms with E-state index >= 15 is 0 Å². The molecule has 0 spiro atoms. The summed E-state index contributed by atoms with van der Waals surface area (Å²) in [5.74, 6) is 1.60. The Bertz CT molecular complexity index is 287. The normalized spacial score (nSPS) is 42.1. The fraction of sp³-hybridized carbons (Fsp3) is 1.00. The number of nitroso groups, excluding NO2 is 1. The number of rotatable bonds is 1. The minimum absolute atomic E-state index is 0.294. The second-order valence-corrected chi connectivity index (χ2v) is 7.47. The van der Waals surface area contributed by atoms with E-state index in [9.17, 15) is 4.91 Å². The third kappa shape index (κ3) is 3.08. The van der Waals surface area contributed by atoms with Crippen LogP contribution in [0.5, 0.6) is 0 Å². The number of hydrogen-bond acceptors (Lipinski definition) is 2. The highest BCUT2D eigenvalue weighted by Crippen LogP contribution is 2.47. The summed E-state index contributed by atoms with van der Waals surface area (Å²) in [4.78, 5) is 11.2. The number of nitrogens with zero attached hydrogens (tertiary/aromatic N) is 1. The SMILES string of the molecule is CC1(C)CCC(C)(N=O)CC2CCCCC2C1. The van der Waals surface area contributed by atoms with E-state index in [0.717, 1.165) is 31.1 Å². The lowest BCUT2D eigenvalue weighted by molar-refractivity contribution is 0.0911. The third-order valence-corrected chi connectivity index (χ3v) is 5.14. The maximum absolute atomic E-state index is 11.2. The van der Waals surface area contributed by atoms with Gasteiger partial charge in [0, 0.05) is 0 Å². The van der Waals surface area contributed by atoms with Gasteiger partial charge in [0.25, 0.3) is 0 Å². The van der Waals surface area contributed by atoms with Crippen LogP contribution in [0, 0.1) is 22.2 Å². The van der Waals surface area contributed by atoms with Crippen molar-refractivity contribution in [3.63, 3.8) is 0 Å². The van der Waals surface area contributed by atoms with E-state index in [0.29, 0.717) is 5.41 Å². The Kier molecular flexibility index (Phi) is 3.61.